The number of ether oxygens (including phenoxy) is 3. The Labute approximate surface area is 288 Å². The molecule has 3 fully saturated rings. The Balaban J connectivity index is 1.49. The summed E-state index contributed by atoms with van der Waals surface area (Å²) in [6, 6.07) is 1.99. The normalized spacial score (nSPS) is 29.4. The lowest BCUT2D eigenvalue weighted by molar-refractivity contribution is -0.231. The van der Waals surface area contributed by atoms with E-state index in [4.69, 9.17) is 19.9 Å². The van der Waals surface area contributed by atoms with Crippen LogP contribution in [0.1, 0.15) is 68.4 Å². The average Bonchev–Trinajstić information content (AvgIpc) is 3.43. The fraction of sp³-hybridized carbons (Fsp3) is 0.735. The van der Waals surface area contributed by atoms with Crippen LogP contribution in [0.15, 0.2) is 12.1 Å². The van der Waals surface area contributed by atoms with Gasteiger partial charge in [0.1, 0.15) is 12.2 Å². The van der Waals surface area contributed by atoms with Gasteiger partial charge >= 0.3 is 5.97 Å². The van der Waals surface area contributed by atoms with Gasteiger partial charge in [-0.3, -0.25) is 19.4 Å². The molecule has 1 aromatic carbocycles. The van der Waals surface area contributed by atoms with Gasteiger partial charge in [0.2, 0.25) is 5.91 Å². The van der Waals surface area contributed by atoms with Gasteiger partial charge in [0, 0.05) is 63.7 Å². The van der Waals surface area contributed by atoms with E-state index in [1.807, 2.05) is 20.8 Å². The number of carboxylic acid groups (broad SMARTS) is 1. The number of aliphatic hydroxyl groups is 3. The van der Waals surface area contributed by atoms with Crippen LogP contribution in [0.5, 0.6) is 0 Å². The lowest BCUT2D eigenvalue weighted by Crippen LogP contribution is -2.68. The first-order chi connectivity index (χ1) is 22.9. The SMILES string of the molecule is CC(=O)N[C@H]1[C@H]([C@H](O)[C@H](O)CNC(=O)c2cc(C)c(N)c(C)c2)O[C@@](CCN2CCOC[C@@]23CCN(COC(C)(C)C)C3)(C(=O)O)C[C@@H]1O. The molecular formula is C34H55N5O10. The molecular weight excluding hydrogens is 638 g/mol. The van der Waals surface area contributed by atoms with E-state index in [-0.39, 0.29) is 24.0 Å². The molecule has 15 heteroatoms. The Morgan fingerprint density at radius 2 is 1.84 bits per heavy atom. The Bertz CT molecular complexity index is 1330. The standard InChI is InChI=1S/C34H55N5O10/c1-20-13-23(14-21(2)26(20)35)30(44)36-16-25(42)28(43)29-27(37-22(3)40)24(41)15-34(49-29,31(45)46)8-10-39-11-12-47-18-33(39)7-9-38(17-33)19-48-32(4,5)6/h13-14,24-25,27-29,41-43H,7-12,15-19,35H2,1-6H3,(H,36,44)(H,37,40)(H,45,46)/t24-,25+,27+,28+,29+,33-,34+/m0/s1. The van der Waals surface area contributed by atoms with Crippen molar-refractivity contribution in [2.24, 2.45) is 0 Å². The molecule has 0 bridgehead atoms. The summed E-state index contributed by atoms with van der Waals surface area (Å²) in [4.78, 5) is 42.4. The van der Waals surface area contributed by atoms with E-state index in [1.54, 1.807) is 26.0 Å². The minimum atomic E-state index is -1.95. The zero-order valence-corrected chi connectivity index (χ0v) is 29.5. The number of hydrogen-bond donors (Lipinski definition) is 7. The van der Waals surface area contributed by atoms with E-state index in [0.29, 0.717) is 62.0 Å². The molecule has 8 N–H and O–H groups in total. The number of nitrogens with two attached hydrogens (primary N) is 1. The number of rotatable bonds is 12. The third-order valence-corrected chi connectivity index (χ3v) is 9.91. The van der Waals surface area contributed by atoms with E-state index < -0.39 is 60.4 Å². The highest BCUT2D eigenvalue weighted by molar-refractivity contribution is 5.95. The summed E-state index contributed by atoms with van der Waals surface area (Å²) in [5, 5.41) is 49.3. The zero-order valence-electron chi connectivity index (χ0n) is 29.5. The van der Waals surface area contributed by atoms with E-state index in [2.05, 4.69) is 20.4 Å². The molecule has 3 aliphatic heterocycles. The Morgan fingerprint density at radius 3 is 2.45 bits per heavy atom. The van der Waals surface area contributed by atoms with Crippen molar-refractivity contribution in [3.05, 3.63) is 28.8 Å². The molecule has 15 nitrogen and oxygen atoms in total. The molecule has 2 amide bonds. The van der Waals surface area contributed by atoms with Gasteiger partial charge in [-0.2, -0.15) is 0 Å². The van der Waals surface area contributed by atoms with Gasteiger partial charge in [-0.1, -0.05) is 0 Å². The summed E-state index contributed by atoms with van der Waals surface area (Å²) >= 11 is 0. The first-order valence-electron chi connectivity index (χ1n) is 16.9. The highest BCUT2D eigenvalue weighted by Gasteiger charge is 2.55. The summed E-state index contributed by atoms with van der Waals surface area (Å²) in [6.07, 6.45) is -5.98. The van der Waals surface area contributed by atoms with Crippen LogP contribution in [0, 0.1) is 13.8 Å². The van der Waals surface area contributed by atoms with E-state index in [0.717, 1.165) is 13.0 Å². The molecule has 4 rings (SSSR count). The third-order valence-electron chi connectivity index (χ3n) is 9.91. The highest BCUT2D eigenvalue weighted by Crippen LogP contribution is 2.37. The molecule has 7 atom stereocenters. The Morgan fingerprint density at radius 1 is 1.16 bits per heavy atom. The molecule has 3 heterocycles. The molecule has 0 unspecified atom stereocenters. The van der Waals surface area contributed by atoms with Crippen LogP contribution < -0.4 is 16.4 Å². The van der Waals surface area contributed by atoms with Crippen LogP contribution >= 0.6 is 0 Å². The first kappa shape index (κ1) is 38.9. The summed E-state index contributed by atoms with van der Waals surface area (Å²) in [6.45, 7) is 14.1. The minimum Gasteiger partial charge on any atom is -0.479 e. The highest BCUT2D eigenvalue weighted by atomic mass is 16.6. The first-order valence-corrected chi connectivity index (χ1v) is 16.9. The topological polar surface area (TPSA) is 216 Å². The maximum atomic E-state index is 13.0. The fourth-order valence-corrected chi connectivity index (χ4v) is 7.05. The predicted molar refractivity (Wildman–Crippen MR) is 180 cm³/mol. The van der Waals surface area contributed by atoms with E-state index >= 15 is 0 Å². The number of benzene rings is 1. The molecule has 0 aliphatic carbocycles. The van der Waals surface area contributed by atoms with Crippen molar-refractivity contribution in [3.63, 3.8) is 0 Å². The van der Waals surface area contributed by atoms with Crippen LogP contribution in [0.4, 0.5) is 5.69 Å². The van der Waals surface area contributed by atoms with Crippen LogP contribution in [-0.4, -0.2) is 148 Å². The maximum Gasteiger partial charge on any atom is 0.336 e. The van der Waals surface area contributed by atoms with E-state index in [1.165, 1.54) is 6.92 Å². The molecule has 3 aliphatic rings. The molecule has 3 saturated heterocycles. The van der Waals surface area contributed by atoms with Gasteiger partial charge in [0.15, 0.2) is 5.60 Å². The number of morpholine rings is 1. The van der Waals surface area contributed by atoms with E-state index in [9.17, 15) is 34.8 Å². The number of aryl methyl sites for hydroxylation is 2. The molecule has 49 heavy (non-hydrogen) atoms. The molecule has 1 aromatic rings. The largest absolute Gasteiger partial charge is 0.479 e. The molecule has 0 saturated carbocycles. The maximum absolute atomic E-state index is 13.0. The number of aliphatic hydroxyl groups excluding tert-OH is 3. The van der Waals surface area contributed by atoms with Crippen molar-refractivity contribution in [1.82, 2.24) is 20.4 Å². The number of likely N-dealkylation sites (tertiary alicyclic amines) is 1. The van der Waals surface area contributed by atoms with Gasteiger partial charge in [0.05, 0.1) is 49.3 Å². The summed E-state index contributed by atoms with van der Waals surface area (Å²) < 4.78 is 18.1. The van der Waals surface area contributed by atoms with Crippen LogP contribution in [0.3, 0.4) is 0 Å². The van der Waals surface area contributed by atoms with Gasteiger partial charge in [-0.15, -0.1) is 0 Å². The average molecular weight is 694 g/mol. The second-order valence-corrected chi connectivity index (χ2v) is 14.9. The molecule has 0 aromatic heterocycles. The Hall–Kier alpha value is -2.89. The number of carboxylic acids is 1. The van der Waals surface area contributed by atoms with Crippen molar-refractivity contribution in [2.75, 3.05) is 58.4 Å². The second-order valence-electron chi connectivity index (χ2n) is 14.9. The number of nitrogens with one attached hydrogen (secondary N) is 2. The number of aliphatic carboxylic acids is 1. The number of nitrogen functional groups attached to an aromatic ring is 1. The van der Waals surface area contributed by atoms with Gasteiger partial charge in [0.25, 0.3) is 5.91 Å². The fourth-order valence-electron chi connectivity index (χ4n) is 7.05. The van der Waals surface area contributed by atoms with Crippen molar-refractivity contribution >= 4 is 23.5 Å². The van der Waals surface area contributed by atoms with Crippen LogP contribution in [-0.2, 0) is 23.8 Å². The van der Waals surface area contributed by atoms with Crippen molar-refractivity contribution < 1.29 is 49.0 Å². The number of anilines is 1. The van der Waals surface area contributed by atoms with Crippen LogP contribution in [0.2, 0.25) is 0 Å². The summed E-state index contributed by atoms with van der Waals surface area (Å²) in [7, 11) is 0. The second kappa shape index (κ2) is 15.6. The van der Waals surface area contributed by atoms with Gasteiger partial charge < -0.3 is 51.0 Å². The third kappa shape index (κ3) is 9.27. The van der Waals surface area contributed by atoms with Crippen molar-refractivity contribution in [3.8, 4) is 0 Å². The van der Waals surface area contributed by atoms with Gasteiger partial charge in [-0.25, -0.2) is 4.79 Å². The smallest absolute Gasteiger partial charge is 0.336 e. The number of carbonyl (C=O) groups is 3. The number of nitrogens with zero attached hydrogens (tertiary/aromatic N) is 2. The lowest BCUT2D eigenvalue weighted by Gasteiger charge is -2.49. The molecule has 0 radical (unpaired) electrons. The molecule has 1 spiro atoms. The predicted octanol–water partition coefficient (Wildman–Crippen LogP) is -0.245. The number of carbonyl (C=O) groups excluding carboxylic acids is 2. The summed E-state index contributed by atoms with van der Waals surface area (Å²) in [5.74, 6) is -2.40. The number of hydrogen-bond acceptors (Lipinski definition) is 12. The quantitative estimate of drug-likeness (QED) is 0.141. The lowest BCUT2D eigenvalue weighted by atomic mass is 9.81. The summed E-state index contributed by atoms with van der Waals surface area (Å²) in [5.41, 5.74) is 5.68. The van der Waals surface area contributed by atoms with Crippen molar-refractivity contribution in [1.29, 1.82) is 0 Å². The van der Waals surface area contributed by atoms with Crippen molar-refractivity contribution in [2.45, 2.75) is 108 Å². The zero-order chi connectivity index (χ0) is 36.3. The van der Waals surface area contributed by atoms with Gasteiger partial charge in [-0.05, 0) is 64.3 Å². The molecule has 276 valence electrons. The minimum absolute atomic E-state index is 0.0433. The monoisotopic (exact) mass is 693 g/mol. The van der Waals surface area contributed by atoms with Crippen LogP contribution in [0.25, 0.3) is 0 Å². The Kier molecular flexibility index (Phi) is 12.4. The number of amides is 2.